The Labute approximate surface area is 155 Å². The van der Waals surface area contributed by atoms with Crippen molar-refractivity contribution in [3.8, 4) is 0 Å². The molecule has 3 aromatic rings. The second-order valence-corrected chi connectivity index (χ2v) is 6.09. The van der Waals surface area contributed by atoms with Crippen LogP contribution in [0.1, 0.15) is 11.6 Å². The van der Waals surface area contributed by atoms with Gasteiger partial charge in [-0.3, -0.25) is 0 Å². The molecule has 4 heteroatoms. The smallest absolute Gasteiger partial charge is 0.0909 e. The number of fused-ring (bicyclic) bond motifs is 1. The Morgan fingerprint density at radius 1 is 0.920 bits per heavy atom. The maximum absolute atomic E-state index is 10.8. The third-order valence-electron chi connectivity index (χ3n) is 4.48. The van der Waals surface area contributed by atoms with E-state index in [0.717, 1.165) is 11.3 Å². The molecule has 0 bridgehead atoms. The van der Waals surface area contributed by atoms with E-state index in [1.807, 2.05) is 25.2 Å². The Kier molecular flexibility index (Phi) is 6.82. The summed E-state index contributed by atoms with van der Waals surface area (Å²) in [7, 11) is 3.92. The van der Waals surface area contributed by atoms with E-state index in [1.165, 1.54) is 10.8 Å². The Morgan fingerprint density at radius 2 is 1.56 bits per heavy atom. The molecule has 0 aromatic heterocycles. The van der Waals surface area contributed by atoms with Gasteiger partial charge >= 0.3 is 0 Å². The topological polar surface area (TPSA) is 35.5 Å². The van der Waals surface area contributed by atoms with Crippen LogP contribution >= 0.6 is 12.4 Å². The van der Waals surface area contributed by atoms with Crippen LogP contribution in [0.2, 0.25) is 0 Å². The minimum absolute atomic E-state index is 0. The predicted octanol–water partition coefficient (Wildman–Crippen LogP) is 4.02. The summed E-state index contributed by atoms with van der Waals surface area (Å²) in [4.78, 5) is 2.18. The quantitative estimate of drug-likeness (QED) is 0.700. The second kappa shape index (κ2) is 8.86. The molecule has 3 rings (SSSR count). The molecular weight excluding hydrogens is 332 g/mol. The van der Waals surface area contributed by atoms with Crippen molar-refractivity contribution in [2.75, 3.05) is 25.5 Å². The molecule has 0 spiro atoms. The van der Waals surface area contributed by atoms with E-state index in [0.29, 0.717) is 6.54 Å². The number of hydrogen-bond acceptors (Lipinski definition) is 3. The molecule has 0 fully saturated rings. The molecule has 0 aliphatic heterocycles. The van der Waals surface area contributed by atoms with Crippen LogP contribution in [0.4, 0.5) is 5.69 Å². The van der Waals surface area contributed by atoms with E-state index >= 15 is 0 Å². The van der Waals surface area contributed by atoms with Gasteiger partial charge in [0.2, 0.25) is 0 Å². The molecule has 2 unspecified atom stereocenters. The first-order valence-electron chi connectivity index (χ1n) is 8.30. The zero-order valence-corrected chi connectivity index (χ0v) is 15.4. The normalized spacial score (nSPS) is 13.1. The van der Waals surface area contributed by atoms with E-state index in [4.69, 9.17) is 0 Å². The molecule has 3 aromatic carbocycles. The largest absolute Gasteiger partial charge is 0.389 e. The van der Waals surface area contributed by atoms with Gasteiger partial charge in [-0.15, -0.1) is 12.4 Å². The first-order valence-corrected chi connectivity index (χ1v) is 8.30. The van der Waals surface area contributed by atoms with Crippen LogP contribution in [0.5, 0.6) is 0 Å². The Morgan fingerprint density at radius 3 is 2.28 bits per heavy atom. The third kappa shape index (κ3) is 4.13. The van der Waals surface area contributed by atoms with Crippen LogP contribution in [0.25, 0.3) is 10.8 Å². The average Bonchev–Trinajstić information content (AvgIpc) is 2.62. The number of aliphatic hydroxyl groups excluding tert-OH is 1. The second-order valence-electron chi connectivity index (χ2n) is 6.09. The molecule has 2 atom stereocenters. The fraction of sp³-hybridized carbons (Fsp3) is 0.238. The molecule has 0 saturated heterocycles. The summed E-state index contributed by atoms with van der Waals surface area (Å²) in [5, 5.41) is 16.2. The number of anilines is 1. The zero-order chi connectivity index (χ0) is 16.9. The van der Waals surface area contributed by atoms with Crippen molar-refractivity contribution < 1.29 is 5.11 Å². The van der Waals surface area contributed by atoms with Crippen molar-refractivity contribution >= 4 is 28.9 Å². The van der Waals surface area contributed by atoms with E-state index in [-0.39, 0.29) is 18.4 Å². The molecule has 0 aliphatic carbocycles. The minimum Gasteiger partial charge on any atom is -0.389 e. The molecule has 0 saturated carbocycles. The van der Waals surface area contributed by atoms with E-state index in [9.17, 15) is 5.11 Å². The lowest BCUT2D eigenvalue weighted by Crippen LogP contribution is -2.39. The fourth-order valence-corrected chi connectivity index (χ4v) is 3.34. The van der Waals surface area contributed by atoms with Gasteiger partial charge in [0.15, 0.2) is 0 Å². The summed E-state index contributed by atoms with van der Waals surface area (Å²) in [6, 6.07) is 24.7. The molecular formula is C21H25ClN2O. The summed E-state index contributed by atoms with van der Waals surface area (Å²) in [6.07, 6.45) is -0.513. The maximum atomic E-state index is 10.8. The van der Waals surface area contributed by atoms with Gasteiger partial charge in [0.25, 0.3) is 0 Å². The van der Waals surface area contributed by atoms with Gasteiger partial charge in [-0.2, -0.15) is 0 Å². The van der Waals surface area contributed by atoms with Crippen molar-refractivity contribution in [2.24, 2.45) is 0 Å². The number of likely N-dealkylation sites (N-methyl/N-ethyl adjacent to an activating group) is 2. The van der Waals surface area contributed by atoms with Crippen molar-refractivity contribution in [1.82, 2.24) is 5.32 Å². The number of benzene rings is 3. The average molecular weight is 357 g/mol. The van der Waals surface area contributed by atoms with E-state index < -0.39 is 6.10 Å². The number of nitrogens with zero attached hydrogens (tertiary/aromatic N) is 1. The van der Waals surface area contributed by atoms with Crippen LogP contribution in [0.15, 0.2) is 72.8 Å². The molecule has 25 heavy (non-hydrogen) atoms. The standard InChI is InChI=1S/C21H24N2O.ClH/c1-22-15-20(24)21(17-10-4-3-5-11-17)23(2)19-14-8-12-16-9-6-7-13-18(16)19;/h3-14,20-22,24H,15H2,1-2H3;1H. The molecule has 0 amide bonds. The number of hydrogen-bond donors (Lipinski definition) is 2. The first-order chi connectivity index (χ1) is 11.7. The minimum atomic E-state index is -0.513. The molecule has 132 valence electrons. The number of rotatable bonds is 6. The Hall–Kier alpha value is -2.07. The monoisotopic (exact) mass is 356 g/mol. The van der Waals surface area contributed by atoms with Crippen molar-refractivity contribution in [3.05, 3.63) is 78.4 Å². The molecule has 0 heterocycles. The molecule has 0 aliphatic rings. The molecule has 3 nitrogen and oxygen atoms in total. The van der Waals surface area contributed by atoms with Gasteiger partial charge in [0, 0.05) is 24.7 Å². The summed E-state index contributed by atoms with van der Waals surface area (Å²) in [5.41, 5.74) is 2.23. The van der Waals surface area contributed by atoms with Gasteiger partial charge in [0.05, 0.1) is 12.1 Å². The highest BCUT2D eigenvalue weighted by atomic mass is 35.5. The SMILES string of the molecule is CNCC(O)C(c1ccccc1)N(C)c1cccc2ccccc12.Cl. The number of halogens is 1. The number of aliphatic hydroxyl groups is 1. The van der Waals surface area contributed by atoms with Gasteiger partial charge in [-0.05, 0) is 24.1 Å². The lowest BCUT2D eigenvalue weighted by molar-refractivity contribution is 0.142. The lowest BCUT2D eigenvalue weighted by atomic mass is 9.98. The highest BCUT2D eigenvalue weighted by Gasteiger charge is 2.26. The Bertz CT molecular complexity index is 789. The van der Waals surface area contributed by atoms with E-state index in [2.05, 4.69) is 71.9 Å². The summed E-state index contributed by atoms with van der Waals surface area (Å²) in [5.74, 6) is 0. The summed E-state index contributed by atoms with van der Waals surface area (Å²) in [6.45, 7) is 0.536. The van der Waals surface area contributed by atoms with E-state index in [1.54, 1.807) is 0 Å². The third-order valence-corrected chi connectivity index (χ3v) is 4.48. The van der Waals surface area contributed by atoms with Crippen LogP contribution in [-0.4, -0.2) is 31.9 Å². The lowest BCUT2D eigenvalue weighted by Gasteiger charge is -2.34. The van der Waals surface area contributed by atoms with Crippen molar-refractivity contribution in [3.63, 3.8) is 0 Å². The van der Waals surface area contributed by atoms with Crippen LogP contribution < -0.4 is 10.2 Å². The first kappa shape index (κ1) is 19.3. The highest BCUT2D eigenvalue weighted by molar-refractivity contribution is 5.94. The molecule has 2 N–H and O–H groups in total. The van der Waals surface area contributed by atoms with Gasteiger partial charge in [0.1, 0.15) is 0 Å². The van der Waals surface area contributed by atoms with Gasteiger partial charge in [-0.1, -0.05) is 66.7 Å². The fourth-order valence-electron chi connectivity index (χ4n) is 3.34. The van der Waals surface area contributed by atoms with Crippen LogP contribution in [-0.2, 0) is 0 Å². The van der Waals surface area contributed by atoms with Gasteiger partial charge in [-0.25, -0.2) is 0 Å². The predicted molar refractivity (Wildman–Crippen MR) is 109 cm³/mol. The van der Waals surface area contributed by atoms with Crippen molar-refractivity contribution in [1.29, 1.82) is 0 Å². The summed E-state index contributed by atoms with van der Waals surface area (Å²) < 4.78 is 0. The summed E-state index contributed by atoms with van der Waals surface area (Å²) >= 11 is 0. The zero-order valence-electron chi connectivity index (χ0n) is 14.6. The Balaban J connectivity index is 0.00000225. The number of nitrogens with one attached hydrogen (secondary N) is 1. The van der Waals surface area contributed by atoms with Gasteiger partial charge < -0.3 is 15.3 Å². The maximum Gasteiger partial charge on any atom is 0.0909 e. The highest BCUT2D eigenvalue weighted by Crippen LogP contribution is 2.33. The van der Waals surface area contributed by atoms with Crippen LogP contribution in [0.3, 0.4) is 0 Å². The van der Waals surface area contributed by atoms with Crippen molar-refractivity contribution in [2.45, 2.75) is 12.1 Å². The van der Waals surface area contributed by atoms with Crippen LogP contribution in [0, 0.1) is 0 Å². The molecule has 0 radical (unpaired) electrons.